The highest BCUT2D eigenvalue weighted by Gasteiger charge is 2.52. The van der Waals surface area contributed by atoms with Crippen LogP contribution in [0.3, 0.4) is 0 Å². The molecule has 250 valence electrons. The first kappa shape index (κ1) is 33.8. The van der Waals surface area contributed by atoms with Gasteiger partial charge in [-0.15, -0.1) is 0 Å². The maximum absolute atomic E-state index is 10.8. The summed E-state index contributed by atoms with van der Waals surface area (Å²) < 4.78 is 35.1. The van der Waals surface area contributed by atoms with Gasteiger partial charge in [-0.2, -0.15) is 0 Å². The van der Waals surface area contributed by atoms with Crippen LogP contribution >= 0.6 is 0 Å². The highest BCUT2D eigenvalue weighted by atomic mass is 16.7. The fourth-order valence-corrected chi connectivity index (χ4v) is 7.32. The first-order valence-corrected chi connectivity index (χ1v) is 15.3. The Morgan fingerprint density at radius 3 is 2.07 bits per heavy atom. The van der Waals surface area contributed by atoms with Crippen LogP contribution in [-0.2, 0) is 28.4 Å². The van der Waals surface area contributed by atoms with Crippen molar-refractivity contribution in [2.75, 3.05) is 13.7 Å². The second-order valence-corrected chi connectivity index (χ2v) is 12.8. The summed E-state index contributed by atoms with van der Waals surface area (Å²) in [6.45, 7) is 1.06. The van der Waals surface area contributed by atoms with Gasteiger partial charge in [0.05, 0.1) is 55.4 Å². The van der Waals surface area contributed by atoms with Crippen LogP contribution in [0.1, 0.15) is 45.4 Å². The second kappa shape index (κ2) is 14.0. The van der Waals surface area contributed by atoms with Gasteiger partial charge in [0.15, 0.2) is 12.6 Å². The zero-order chi connectivity index (χ0) is 31.2. The van der Waals surface area contributed by atoms with Gasteiger partial charge in [-0.1, -0.05) is 0 Å². The maximum Gasteiger partial charge on any atom is 0.187 e. The number of ether oxygens (including phenoxy) is 6. The molecule has 5 aliphatic rings. The summed E-state index contributed by atoms with van der Waals surface area (Å²) in [4.78, 5) is 0. The number of hydrogen-bond donors (Lipinski definition) is 9. The lowest BCUT2D eigenvalue weighted by atomic mass is 9.72. The first-order chi connectivity index (χ1) is 20.4. The maximum atomic E-state index is 10.8. The van der Waals surface area contributed by atoms with Crippen LogP contribution in [-0.4, -0.2) is 164 Å². The molecule has 0 bridgehead atoms. The van der Waals surface area contributed by atoms with Crippen molar-refractivity contribution in [3.05, 3.63) is 0 Å². The Morgan fingerprint density at radius 1 is 0.651 bits per heavy atom. The number of aliphatic hydroxyl groups excluding tert-OH is 9. The molecule has 3 saturated heterocycles. The molecule has 0 radical (unpaired) electrons. The lowest BCUT2D eigenvalue weighted by molar-refractivity contribution is -0.345. The van der Waals surface area contributed by atoms with E-state index in [2.05, 4.69) is 0 Å². The third-order valence-electron chi connectivity index (χ3n) is 9.97. The third-order valence-corrected chi connectivity index (χ3v) is 9.97. The van der Waals surface area contributed by atoms with E-state index in [0.29, 0.717) is 32.1 Å². The molecule has 0 aromatic rings. The van der Waals surface area contributed by atoms with Gasteiger partial charge >= 0.3 is 0 Å². The van der Waals surface area contributed by atoms with Crippen molar-refractivity contribution in [3.8, 4) is 0 Å². The van der Waals surface area contributed by atoms with Crippen molar-refractivity contribution in [3.63, 3.8) is 0 Å². The molecule has 15 nitrogen and oxygen atoms in total. The molecule has 5 rings (SSSR count). The summed E-state index contributed by atoms with van der Waals surface area (Å²) in [6.07, 6.45) is -16.2. The number of fused-ring (bicyclic) bond motifs is 1. The van der Waals surface area contributed by atoms with Crippen molar-refractivity contribution < 1.29 is 74.4 Å². The predicted molar refractivity (Wildman–Crippen MR) is 142 cm³/mol. The third kappa shape index (κ3) is 7.06. The smallest absolute Gasteiger partial charge is 0.187 e. The molecule has 0 aromatic carbocycles. The van der Waals surface area contributed by atoms with Gasteiger partial charge < -0.3 is 74.4 Å². The molecule has 3 aliphatic heterocycles. The van der Waals surface area contributed by atoms with Crippen molar-refractivity contribution >= 4 is 0 Å². The minimum Gasteiger partial charge on any atom is -0.393 e. The van der Waals surface area contributed by atoms with Gasteiger partial charge in [-0.3, -0.25) is 0 Å². The van der Waals surface area contributed by atoms with Crippen LogP contribution in [0.5, 0.6) is 0 Å². The summed E-state index contributed by atoms with van der Waals surface area (Å²) in [7, 11) is 1.53. The molecule has 0 amide bonds. The average Bonchev–Trinajstić information content (AvgIpc) is 2.98. The molecule has 3 heterocycles. The van der Waals surface area contributed by atoms with Crippen molar-refractivity contribution in [2.45, 2.75) is 150 Å². The molecule has 43 heavy (non-hydrogen) atoms. The summed E-state index contributed by atoms with van der Waals surface area (Å²) in [5.74, 6) is -0.485. The van der Waals surface area contributed by atoms with Crippen LogP contribution in [0.4, 0.5) is 0 Å². The highest BCUT2D eigenvalue weighted by Crippen LogP contribution is 2.43. The van der Waals surface area contributed by atoms with E-state index in [4.69, 9.17) is 28.4 Å². The Morgan fingerprint density at radius 2 is 1.35 bits per heavy atom. The van der Waals surface area contributed by atoms with Gasteiger partial charge in [-0.25, -0.2) is 0 Å². The standard InChI is InChI=1S/C28H48O15/c1-10-20(32)22(34)24(36)27(40-10)39-9-19-21(33)23(35)25(37)28(43-19)42-18-8-13-15(31)6-12(29)7-16(13)41-26(18)11-3-4-14(30)17(5-11)38-2/h10-37H,3-9H2,1-2H3/t10-,11?,12?,13?,14?,15?,16?,17?,18?,19+,20-,21+,22+,23-,24+,25+,26?,27+,28+/m0/s1. The SMILES string of the molecule is COC1CC(C2OC3CC(O)CC(O)C3CC2O[C@@H]2O[C@H](CO[C@@H]3O[C@@H](C)[C@H](O)[C@@H](O)[C@H]3O)[C@@H](O)[C@H](O)[C@H]2O)CCC1O. The van der Waals surface area contributed by atoms with Crippen LogP contribution in [0, 0.1) is 11.8 Å². The predicted octanol–water partition coefficient (Wildman–Crippen LogP) is -3.51. The van der Waals surface area contributed by atoms with E-state index in [-0.39, 0.29) is 18.3 Å². The number of hydrogen-bond acceptors (Lipinski definition) is 15. The summed E-state index contributed by atoms with van der Waals surface area (Å²) >= 11 is 0. The van der Waals surface area contributed by atoms with Crippen molar-refractivity contribution in [1.29, 1.82) is 0 Å². The Labute approximate surface area is 249 Å². The molecule has 9 N–H and O–H groups in total. The van der Waals surface area contributed by atoms with E-state index in [1.807, 2.05) is 0 Å². The minimum atomic E-state index is -1.69. The van der Waals surface area contributed by atoms with Gasteiger partial charge in [-0.05, 0) is 51.4 Å². The lowest BCUT2D eigenvalue weighted by Gasteiger charge is -2.51. The molecule has 0 aromatic heterocycles. The molecule has 9 unspecified atom stereocenters. The molecule has 15 heteroatoms. The summed E-state index contributed by atoms with van der Waals surface area (Å²) in [6, 6.07) is 0. The van der Waals surface area contributed by atoms with Crippen LogP contribution in [0.2, 0.25) is 0 Å². The van der Waals surface area contributed by atoms with E-state index in [9.17, 15) is 46.0 Å². The Bertz CT molecular complexity index is 898. The van der Waals surface area contributed by atoms with Crippen LogP contribution in [0.15, 0.2) is 0 Å². The molecular weight excluding hydrogens is 576 g/mol. The van der Waals surface area contributed by atoms with Gasteiger partial charge in [0.1, 0.15) is 42.7 Å². The average molecular weight is 625 g/mol. The first-order valence-electron chi connectivity index (χ1n) is 15.3. The van der Waals surface area contributed by atoms with E-state index in [1.165, 1.54) is 14.0 Å². The minimum absolute atomic E-state index is 0.125. The Balaban J connectivity index is 1.30. The normalized spacial score (nSPS) is 54.6. The zero-order valence-corrected chi connectivity index (χ0v) is 24.4. The van der Waals surface area contributed by atoms with Crippen molar-refractivity contribution in [2.24, 2.45) is 11.8 Å². The molecule has 5 fully saturated rings. The molecule has 2 aliphatic carbocycles. The molecule has 0 spiro atoms. The van der Waals surface area contributed by atoms with Gasteiger partial charge in [0.25, 0.3) is 0 Å². The monoisotopic (exact) mass is 624 g/mol. The number of methoxy groups -OCH3 is 1. The van der Waals surface area contributed by atoms with E-state index in [1.54, 1.807) is 0 Å². The van der Waals surface area contributed by atoms with E-state index in [0.717, 1.165) is 0 Å². The largest absolute Gasteiger partial charge is 0.393 e. The van der Waals surface area contributed by atoms with Crippen LogP contribution < -0.4 is 0 Å². The molecular formula is C28H48O15. The van der Waals surface area contributed by atoms with E-state index < -0.39 is 111 Å². The van der Waals surface area contributed by atoms with E-state index >= 15 is 0 Å². The summed E-state index contributed by atoms with van der Waals surface area (Å²) in [5, 5.41) is 93.8. The fraction of sp³-hybridized carbons (Fsp3) is 1.00. The Hall–Kier alpha value is -0.600. The highest BCUT2D eigenvalue weighted by molar-refractivity contribution is 4.99. The molecule has 2 saturated carbocycles. The second-order valence-electron chi connectivity index (χ2n) is 12.8. The fourth-order valence-electron chi connectivity index (χ4n) is 7.32. The van der Waals surface area contributed by atoms with Gasteiger partial charge in [0.2, 0.25) is 0 Å². The Kier molecular flexibility index (Phi) is 11.0. The lowest BCUT2D eigenvalue weighted by Crippen LogP contribution is -2.63. The topological polar surface area (TPSA) is 237 Å². The molecule has 19 atom stereocenters. The zero-order valence-electron chi connectivity index (χ0n) is 24.4. The quantitative estimate of drug-likeness (QED) is 0.134. The number of aliphatic hydroxyl groups is 9. The van der Waals surface area contributed by atoms with Crippen molar-refractivity contribution in [1.82, 2.24) is 0 Å². The van der Waals surface area contributed by atoms with Crippen LogP contribution in [0.25, 0.3) is 0 Å². The summed E-state index contributed by atoms with van der Waals surface area (Å²) in [5.41, 5.74) is 0. The van der Waals surface area contributed by atoms with Gasteiger partial charge in [0, 0.05) is 13.0 Å². The number of rotatable bonds is 7.